The number of primary amides is 1. The number of carbonyl (C=O) groups excluding carboxylic acids is 1. The lowest BCUT2D eigenvalue weighted by molar-refractivity contribution is -0.384. The van der Waals surface area contributed by atoms with E-state index in [4.69, 9.17) is 5.73 Å². The van der Waals surface area contributed by atoms with Crippen molar-refractivity contribution in [3.8, 4) is 5.82 Å². The molecule has 0 atom stereocenters. The zero-order valence-corrected chi connectivity index (χ0v) is 10.6. The summed E-state index contributed by atoms with van der Waals surface area (Å²) in [6.07, 6.45) is 1.46. The molecule has 0 radical (unpaired) electrons. The molecule has 20 heavy (non-hydrogen) atoms. The molecule has 2 aromatic rings. The van der Waals surface area contributed by atoms with Crippen LogP contribution in [0, 0.1) is 10.1 Å². The van der Waals surface area contributed by atoms with E-state index in [2.05, 4.69) is 15.4 Å². The molecule has 0 bridgehead atoms. The molecule has 0 spiro atoms. The van der Waals surface area contributed by atoms with Crippen LogP contribution in [-0.2, 0) is 0 Å². The van der Waals surface area contributed by atoms with Gasteiger partial charge in [-0.05, 0) is 13.0 Å². The van der Waals surface area contributed by atoms with Gasteiger partial charge in [0.15, 0.2) is 5.82 Å². The minimum absolute atomic E-state index is 0.0586. The number of nitrogens with two attached hydrogens (primary N) is 1. The number of rotatable bonds is 5. The normalized spacial score (nSPS) is 10.2. The van der Waals surface area contributed by atoms with E-state index < -0.39 is 10.8 Å². The van der Waals surface area contributed by atoms with Crippen molar-refractivity contribution in [2.75, 3.05) is 11.9 Å². The van der Waals surface area contributed by atoms with Crippen LogP contribution in [0.5, 0.6) is 0 Å². The highest BCUT2D eigenvalue weighted by Gasteiger charge is 2.14. The Morgan fingerprint density at radius 1 is 1.55 bits per heavy atom. The van der Waals surface area contributed by atoms with E-state index in [1.165, 1.54) is 29.1 Å². The number of aromatic nitrogens is 3. The third-order valence-corrected chi connectivity index (χ3v) is 2.44. The smallest absolute Gasteiger partial charge is 0.276 e. The van der Waals surface area contributed by atoms with Crippen LogP contribution in [0.4, 0.5) is 11.5 Å². The molecular formula is C11H12N6O3. The van der Waals surface area contributed by atoms with Gasteiger partial charge in [0.2, 0.25) is 0 Å². The molecule has 0 aliphatic carbocycles. The van der Waals surface area contributed by atoms with Crippen LogP contribution < -0.4 is 11.1 Å². The van der Waals surface area contributed by atoms with Gasteiger partial charge >= 0.3 is 0 Å². The first kappa shape index (κ1) is 13.5. The molecule has 0 fully saturated rings. The van der Waals surface area contributed by atoms with Crippen LogP contribution in [0.15, 0.2) is 24.4 Å². The highest BCUT2D eigenvalue weighted by atomic mass is 16.6. The standard InChI is InChI=1S/C11H12N6O3/c1-2-13-9-5-7(17(19)20)6-10(14-9)16-4-3-8(15-16)11(12)18/h3-6H,2H2,1H3,(H2,12,18)(H,13,14). The fourth-order valence-corrected chi connectivity index (χ4v) is 1.58. The lowest BCUT2D eigenvalue weighted by atomic mass is 10.3. The number of amides is 1. The molecular weight excluding hydrogens is 264 g/mol. The van der Waals surface area contributed by atoms with Crippen LogP contribution in [0.1, 0.15) is 17.4 Å². The van der Waals surface area contributed by atoms with E-state index in [1.54, 1.807) is 0 Å². The van der Waals surface area contributed by atoms with Gasteiger partial charge in [0.1, 0.15) is 11.5 Å². The highest BCUT2D eigenvalue weighted by Crippen LogP contribution is 2.19. The molecule has 1 amide bonds. The van der Waals surface area contributed by atoms with Crippen molar-refractivity contribution in [2.45, 2.75) is 6.92 Å². The van der Waals surface area contributed by atoms with Gasteiger partial charge in [-0.1, -0.05) is 0 Å². The van der Waals surface area contributed by atoms with E-state index >= 15 is 0 Å². The molecule has 2 rings (SSSR count). The fraction of sp³-hybridized carbons (Fsp3) is 0.182. The van der Waals surface area contributed by atoms with Crippen LogP contribution >= 0.6 is 0 Å². The van der Waals surface area contributed by atoms with Crippen molar-refractivity contribution >= 4 is 17.4 Å². The Morgan fingerprint density at radius 2 is 2.30 bits per heavy atom. The molecule has 0 aliphatic rings. The molecule has 0 unspecified atom stereocenters. The zero-order valence-electron chi connectivity index (χ0n) is 10.6. The lowest BCUT2D eigenvalue weighted by Crippen LogP contribution is -2.12. The Labute approximate surface area is 113 Å². The van der Waals surface area contributed by atoms with Gasteiger partial charge < -0.3 is 11.1 Å². The van der Waals surface area contributed by atoms with Gasteiger partial charge in [0.05, 0.1) is 17.1 Å². The quantitative estimate of drug-likeness (QED) is 0.611. The molecule has 2 heterocycles. The van der Waals surface area contributed by atoms with Gasteiger partial charge in [-0.3, -0.25) is 14.9 Å². The van der Waals surface area contributed by atoms with Crippen LogP contribution in [0.3, 0.4) is 0 Å². The maximum Gasteiger partial charge on any atom is 0.276 e. The predicted molar refractivity (Wildman–Crippen MR) is 70.7 cm³/mol. The van der Waals surface area contributed by atoms with E-state index in [-0.39, 0.29) is 17.2 Å². The Morgan fingerprint density at radius 3 is 2.85 bits per heavy atom. The summed E-state index contributed by atoms with van der Waals surface area (Å²) in [5, 5.41) is 17.7. The average molecular weight is 276 g/mol. The summed E-state index contributed by atoms with van der Waals surface area (Å²) in [4.78, 5) is 25.6. The molecule has 3 N–H and O–H groups in total. The summed E-state index contributed by atoms with van der Waals surface area (Å²) >= 11 is 0. The maximum atomic E-state index is 11.0. The second-order valence-electron chi connectivity index (χ2n) is 3.87. The van der Waals surface area contributed by atoms with E-state index in [0.29, 0.717) is 12.4 Å². The van der Waals surface area contributed by atoms with Crippen molar-refractivity contribution in [1.82, 2.24) is 14.8 Å². The van der Waals surface area contributed by atoms with Gasteiger partial charge in [-0.2, -0.15) is 5.10 Å². The first-order chi connectivity index (χ1) is 9.51. The van der Waals surface area contributed by atoms with Gasteiger partial charge in [0.25, 0.3) is 11.6 Å². The molecule has 9 heteroatoms. The van der Waals surface area contributed by atoms with Gasteiger partial charge in [-0.25, -0.2) is 9.67 Å². The minimum atomic E-state index is -0.680. The fourth-order valence-electron chi connectivity index (χ4n) is 1.58. The van der Waals surface area contributed by atoms with E-state index in [9.17, 15) is 14.9 Å². The van der Waals surface area contributed by atoms with Gasteiger partial charge in [-0.15, -0.1) is 0 Å². The van der Waals surface area contributed by atoms with E-state index in [1.807, 2.05) is 6.92 Å². The zero-order chi connectivity index (χ0) is 14.7. The lowest BCUT2D eigenvalue weighted by Gasteiger charge is -2.05. The van der Waals surface area contributed by atoms with Crippen molar-refractivity contribution < 1.29 is 9.72 Å². The molecule has 2 aromatic heterocycles. The molecule has 104 valence electrons. The summed E-state index contributed by atoms with van der Waals surface area (Å²) in [6, 6.07) is 4.00. The summed E-state index contributed by atoms with van der Waals surface area (Å²) in [5.41, 5.74) is 5.04. The first-order valence-corrected chi connectivity index (χ1v) is 5.77. The Balaban J connectivity index is 2.48. The van der Waals surface area contributed by atoms with Crippen LogP contribution in [0.2, 0.25) is 0 Å². The minimum Gasteiger partial charge on any atom is -0.370 e. The number of anilines is 1. The number of hydrogen-bond acceptors (Lipinski definition) is 6. The highest BCUT2D eigenvalue weighted by molar-refractivity contribution is 5.90. The molecule has 0 aromatic carbocycles. The largest absolute Gasteiger partial charge is 0.370 e. The predicted octanol–water partition coefficient (Wildman–Crippen LogP) is 0.706. The first-order valence-electron chi connectivity index (χ1n) is 5.77. The van der Waals surface area contributed by atoms with Crippen LogP contribution in [0.25, 0.3) is 5.82 Å². The Hall–Kier alpha value is -2.97. The monoisotopic (exact) mass is 276 g/mol. The third-order valence-electron chi connectivity index (χ3n) is 2.44. The van der Waals surface area contributed by atoms with Crippen molar-refractivity contribution in [3.05, 3.63) is 40.2 Å². The number of hydrogen-bond donors (Lipinski definition) is 2. The van der Waals surface area contributed by atoms with Crippen LogP contribution in [-0.4, -0.2) is 32.1 Å². The molecule has 0 saturated heterocycles. The number of carbonyl (C=O) groups is 1. The average Bonchev–Trinajstić information content (AvgIpc) is 2.88. The second kappa shape index (κ2) is 5.34. The van der Waals surface area contributed by atoms with Crippen molar-refractivity contribution in [3.63, 3.8) is 0 Å². The summed E-state index contributed by atoms with van der Waals surface area (Å²) in [6.45, 7) is 2.42. The maximum absolute atomic E-state index is 11.0. The number of nitrogens with zero attached hydrogens (tertiary/aromatic N) is 4. The Bertz CT molecular complexity index is 666. The SMILES string of the molecule is CCNc1cc([N+](=O)[O-])cc(-n2ccc(C(N)=O)n2)n1. The Kier molecular flexibility index (Phi) is 3.60. The summed E-state index contributed by atoms with van der Waals surface area (Å²) < 4.78 is 1.26. The van der Waals surface area contributed by atoms with Gasteiger partial charge in [0, 0.05) is 12.7 Å². The van der Waals surface area contributed by atoms with E-state index in [0.717, 1.165) is 0 Å². The third kappa shape index (κ3) is 2.71. The second-order valence-corrected chi connectivity index (χ2v) is 3.87. The number of nitrogens with one attached hydrogen (secondary N) is 1. The number of pyridine rings is 1. The van der Waals surface area contributed by atoms with Crippen molar-refractivity contribution in [1.29, 1.82) is 0 Å². The summed E-state index contributed by atoms with van der Waals surface area (Å²) in [5.74, 6) is -0.100. The molecule has 0 saturated carbocycles. The molecule has 9 nitrogen and oxygen atoms in total. The molecule has 0 aliphatic heterocycles. The topological polar surface area (TPSA) is 129 Å². The summed E-state index contributed by atoms with van der Waals surface area (Å²) in [7, 11) is 0. The number of nitro groups is 1. The van der Waals surface area contributed by atoms with Crippen molar-refractivity contribution in [2.24, 2.45) is 5.73 Å².